The lowest BCUT2D eigenvalue weighted by Crippen LogP contribution is -2.23. The van der Waals surface area contributed by atoms with Gasteiger partial charge in [-0.1, -0.05) is 17.7 Å². The van der Waals surface area contributed by atoms with Crippen molar-refractivity contribution < 1.29 is 9.90 Å². The predicted molar refractivity (Wildman–Crippen MR) is 75.7 cm³/mol. The van der Waals surface area contributed by atoms with Crippen LogP contribution in [0.15, 0.2) is 35.1 Å². The van der Waals surface area contributed by atoms with Crippen molar-refractivity contribution >= 4 is 5.97 Å². The van der Waals surface area contributed by atoms with Crippen LogP contribution in [0.2, 0.25) is 0 Å². The van der Waals surface area contributed by atoms with Crippen LogP contribution in [-0.4, -0.2) is 20.9 Å². The number of aliphatic carboxylic acids is 1. The fraction of sp³-hybridized carbons (Fsp3) is 0.267. The Hall–Kier alpha value is -2.43. The van der Waals surface area contributed by atoms with Crippen molar-refractivity contribution in [1.29, 1.82) is 0 Å². The Bertz CT molecular complexity index is 705. The third-order valence-corrected chi connectivity index (χ3v) is 3.07. The summed E-state index contributed by atoms with van der Waals surface area (Å²) in [5, 5.41) is 12.9. The van der Waals surface area contributed by atoms with Gasteiger partial charge in [0.05, 0.1) is 18.7 Å². The zero-order chi connectivity index (χ0) is 14.7. The zero-order valence-corrected chi connectivity index (χ0v) is 11.5. The molecule has 2 rings (SSSR count). The van der Waals surface area contributed by atoms with E-state index < -0.39 is 5.97 Å². The Labute approximate surface area is 116 Å². The summed E-state index contributed by atoms with van der Waals surface area (Å²) in [6, 6.07) is 9.11. The van der Waals surface area contributed by atoms with Crippen LogP contribution in [0.25, 0.3) is 11.3 Å². The summed E-state index contributed by atoms with van der Waals surface area (Å²) in [5.41, 5.74) is 3.51. The highest BCUT2D eigenvalue weighted by atomic mass is 16.4. The fourth-order valence-corrected chi connectivity index (χ4v) is 1.97. The van der Waals surface area contributed by atoms with E-state index in [1.54, 1.807) is 6.07 Å². The Morgan fingerprint density at radius 3 is 2.70 bits per heavy atom. The number of rotatable bonds is 4. The van der Waals surface area contributed by atoms with Gasteiger partial charge >= 0.3 is 5.97 Å². The molecule has 0 bridgehead atoms. The number of benzene rings is 1. The number of carbonyl (C=O) groups is 1. The van der Waals surface area contributed by atoms with Crippen molar-refractivity contribution in [3.8, 4) is 11.3 Å². The number of nitrogens with zero attached hydrogens (tertiary/aromatic N) is 2. The van der Waals surface area contributed by atoms with Crippen LogP contribution in [0.4, 0.5) is 0 Å². The van der Waals surface area contributed by atoms with Gasteiger partial charge in [-0.2, -0.15) is 5.10 Å². The zero-order valence-electron chi connectivity index (χ0n) is 11.5. The molecule has 1 heterocycles. The number of hydrogen-bond donors (Lipinski definition) is 1. The maximum Gasteiger partial charge on any atom is 0.305 e. The van der Waals surface area contributed by atoms with Gasteiger partial charge in [-0.25, -0.2) is 4.68 Å². The van der Waals surface area contributed by atoms with Crippen LogP contribution < -0.4 is 5.56 Å². The first kappa shape index (κ1) is 14.0. The molecule has 5 nitrogen and oxygen atoms in total. The number of carboxylic acids is 1. The largest absolute Gasteiger partial charge is 0.481 e. The minimum absolute atomic E-state index is 0.0763. The molecule has 0 saturated heterocycles. The molecule has 1 aromatic heterocycles. The molecule has 0 spiro atoms. The van der Waals surface area contributed by atoms with E-state index in [0.29, 0.717) is 5.69 Å². The van der Waals surface area contributed by atoms with Gasteiger partial charge < -0.3 is 5.11 Å². The lowest BCUT2D eigenvalue weighted by atomic mass is 10.0. The first-order valence-corrected chi connectivity index (χ1v) is 6.35. The van der Waals surface area contributed by atoms with Crippen molar-refractivity contribution in [2.24, 2.45) is 0 Å². The molecule has 0 radical (unpaired) electrons. The van der Waals surface area contributed by atoms with Crippen LogP contribution in [0, 0.1) is 13.8 Å². The molecule has 0 atom stereocenters. The van der Waals surface area contributed by atoms with Crippen LogP contribution in [-0.2, 0) is 11.3 Å². The summed E-state index contributed by atoms with van der Waals surface area (Å²) < 4.78 is 1.20. The van der Waals surface area contributed by atoms with Crippen LogP contribution in [0.3, 0.4) is 0 Å². The number of hydrogen-bond acceptors (Lipinski definition) is 3. The van der Waals surface area contributed by atoms with E-state index in [1.165, 1.54) is 10.7 Å². The first-order valence-electron chi connectivity index (χ1n) is 6.35. The topological polar surface area (TPSA) is 72.2 Å². The Morgan fingerprint density at radius 1 is 1.25 bits per heavy atom. The van der Waals surface area contributed by atoms with E-state index in [9.17, 15) is 9.59 Å². The van der Waals surface area contributed by atoms with Gasteiger partial charge in [-0.15, -0.1) is 0 Å². The average molecular weight is 272 g/mol. The van der Waals surface area contributed by atoms with E-state index in [-0.39, 0.29) is 18.5 Å². The molecule has 2 aromatic rings. The minimum Gasteiger partial charge on any atom is -0.481 e. The maximum atomic E-state index is 11.7. The second-order valence-electron chi connectivity index (χ2n) is 4.74. The van der Waals surface area contributed by atoms with Crippen LogP contribution in [0.1, 0.15) is 17.5 Å². The molecule has 5 heteroatoms. The van der Waals surface area contributed by atoms with E-state index in [0.717, 1.165) is 16.7 Å². The van der Waals surface area contributed by atoms with E-state index in [2.05, 4.69) is 5.10 Å². The van der Waals surface area contributed by atoms with Gasteiger partial charge in [-0.3, -0.25) is 9.59 Å². The summed E-state index contributed by atoms with van der Waals surface area (Å²) in [6.07, 6.45) is -0.122. The highest BCUT2D eigenvalue weighted by Gasteiger charge is 2.07. The van der Waals surface area contributed by atoms with Gasteiger partial charge in [0.2, 0.25) is 0 Å². The summed E-state index contributed by atoms with van der Waals surface area (Å²) in [7, 11) is 0. The molecule has 0 unspecified atom stereocenters. The third kappa shape index (κ3) is 3.12. The normalized spacial score (nSPS) is 10.5. The Kier molecular flexibility index (Phi) is 3.98. The average Bonchev–Trinajstić information content (AvgIpc) is 2.40. The summed E-state index contributed by atoms with van der Waals surface area (Å²) in [4.78, 5) is 22.3. The van der Waals surface area contributed by atoms with Crippen molar-refractivity contribution in [3.05, 3.63) is 51.8 Å². The molecule has 0 fully saturated rings. The minimum atomic E-state index is -0.948. The van der Waals surface area contributed by atoms with Gasteiger partial charge in [0.15, 0.2) is 0 Å². The second kappa shape index (κ2) is 5.69. The van der Waals surface area contributed by atoms with Gasteiger partial charge in [0, 0.05) is 11.6 Å². The molecule has 0 aliphatic heterocycles. The molecular weight excluding hydrogens is 256 g/mol. The smallest absolute Gasteiger partial charge is 0.305 e. The molecule has 1 aromatic carbocycles. The van der Waals surface area contributed by atoms with E-state index >= 15 is 0 Å². The monoisotopic (exact) mass is 272 g/mol. The lowest BCUT2D eigenvalue weighted by Gasteiger charge is -2.09. The quantitative estimate of drug-likeness (QED) is 0.924. The first-order chi connectivity index (χ1) is 9.47. The summed E-state index contributed by atoms with van der Waals surface area (Å²) >= 11 is 0. The predicted octanol–water partition coefficient (Wildman–Crippen LogP) is 2.00. The van der Waals surface area contributed by atoms with Crippen molar-refractivity contribution in [2.75, 3.05) is 0 Å². The molecule has 1 N–H and O–H groups in total. The van der Waals surface area contributed by atoms with Crippen molar-refractivity contribution in [1.82, 2.24) is 9.78 Å². The van der Waals surface area contributed by atoms with Crippen LogP contribution in [0.5, 0.6) is 0 Å². The Balaban J connectivity index is 2.43. The van der Waals surface area contributed by atoms with Gasteiger partial charge in [0.1, 0.15) is 0 Å². The summed E-state index contributed by atoms with van der Waals surface area (Å²) in [6.45, 7) is 4.04. The maximum absolute atomic E-state index is 11.7. The Morgan fingerprint density at radius 2 is 2.00 bits per heavy atom. The molecule has 0 saturated carbocycles. The number of aromatic nitrogens is 2. The molecule has 0 amide bonds. The summed E-state index contributed by atoms with van der Waals surface area (Å²) in [5.74, 6) is -0.948. The van der Waals surface area contributed by atoms with E-state index in [4.69, 9.17) is 5.11 Å². The molecular formula is C15H16N2O3. The molecule has 0 aliphatic rings. The van der Waals surface area contributed by atoms with Gasteiger partial charge in [-0.05, 0) is 31.5 Å². The van der Waals surface area contributed by atoms with Crippen molar-refractivity contribution in [2.45, 2.75) is 26.8 Å². The highest BCUT2D eigenvalue weighted by Crippen LogP contribution is 2.21. The lowest BCUT2D eigenvalue weighted by molar-refractivity contribution is -0.137. The highest BCUT2D eigenvalue weighted by molar-refractivity contribution is 5.66. The second-order valence-corrected chi connectivity index (χ2v) is 4.74. The fourth-order valence-electron chi connectivity index (χ4n) is 1.97. The molecule has 20 heavy (non-hydrogen) atoms. The van der Waals surface area contributed by atoms with Crippen LogP contribution >= 0.6 is 0 Å². The third-order valence-electron chi connectivity index (χ3n) is 3.07. The molecule has 0 aliphatic carbocycles. The number of carboxylic acid groups (broad SMARTS) is 1. The number of aryl methyl sites for hydroxylation is 3. The van der Waals surface area contributed by atoms with Crippen molar-refractivity contribution in [3.63, 3.8) is 0 Å². The molecule has 104 valence electrons. The SMILES string of the molecule is Cc1ccc(C)c(-c2ccc(=O)n(CCC(=O)O)n2)c1. The standard InChI is InChI=1S/C15H16N2O3/c1-10-3-4-11(2)12(9-10)13-5-6-14(18)17(16-13)8-7-15(19)20/h3-6,9H,7-8H2,1-2H3,(H,19,20). The van der Waals surface area contributed by atoms with Gasteiger partial charge in [0.25, 0.3) is 5.56 Å². The van der Waals surface area contributed by atoms with E-state index in [1.807, 2.05) is 32.0 Å².